The highest BCUT2D eigenvalue weighted by Gasteiger charge is 2.27. The second kappa shape index (κ2) is 7.33. The molecule has 0 atom stereocenters. The lowest BCUT2D eigenvalue weighted by atomic mass is 10.1. The number of aryl methyl sites for hydroxylation is 1. The van der Waals surface area contributed by atoms with E-state index in [1.165, 1.54) is 12.1 Å². The highest BCUT2D eigenvalue weighted by atomic mass is 33.1. The quantitative estimate of drug-likeness (QED) is 0.476. The lowest BCUT2D eigenvalue weighted by molar-refractivity contribution is 0.104. The monoisotopic (exact) mass is 374 g/mol. The molecular formula is C18H18N2O3S2. The van der Waals surface area contributed by atoms with Gasteiger partial charge in [0.1, 0.15) is 10.7 Å². The van der Waals surface area contributed by atoms with Crippen LogP contribution >= 0.6 is 10.8 Å². The van der Waals surface area contributed by atoms with Crippen molar-refractivity contribution in [2.75, 3.05) is 13.1 Å². The van der Waals surface area contributed by atoms with Crippen molar-refractivity contribution < 1.29 is 13.2 Å². The molecule has 2 N–H and O–H groups in total. The van der Waals surface area contributed by atoms with Crippen molar-refractivity contribution >= 4 is 25.4 Å². The van der Waals surface area contributed by atoms with Crippen molar-refractivity contribution in [2.45, 2.75) is 11.8 Å². The molecule has 2 aromatic rings. The van der Waals surface area contributed by atoms with E-state index in [9.17, 15) is 13.2 Å². The summed E-state index contributed by atoms with van der Waals surface area (Å²) in [6.45, 7) is 3.22. The van der Waals surface area contributed by atoms with Gasteiger partial charge in [0, 0.05) is 29.4 Å². The molecule has 0 unspecified atom stereocenters. The van der Waals surface area contributed by atoms with Crippen molar-refractivity contribution in [3.05, 3.63) is 76.5 Å². The van der Waals surface area contributed by atoms with E-state index in [2.05, 4.69) is 10.6 Å². The van der Waals surface area contributed by atoms with Gasteiger partial charge in [-0.25, -0.2) is 8.42 Å². The SMILES string of the molecule is Cc1ccc(C(=O)C(SS(=O)(=O)c2ccccc2)=C2NCCN2)cc1. The fourth-order valence-electron chi connectivity index (χ4n) is 2.37. The molecule has 3 rings (SSSR count). The molecule has 1 fully saturated rings. The van der Waals surface area contributed by atoms with Gasteiger partial charge in [-0.15, -0.1) is 0 Å². The molecule has 2 aromatic carbocycles. The van der Waals surface area contributed by atoms with Crippen LogP contribution in [0.4, 0.5) is 0 Å². The number of hydrogen-bond acceptors (Lipinski definition) is 6. The summed E-state index contributed by atoms with van der Waals surface area (Å²) in [5.74, 6) is 0.150. The first-order valence-corrected chi connectivity index (χ1v) is 10.6. The van der Waals surface area contributed by atoms with Crippen molar-refractivity contribution in [3.63, 3.8) is 0 Å². The van der Waals surface area contributed by atoms with Crippen LogP contribution in [0.2, 0.25) is 0 Å². The van der Waals surface area contributed by atoms with E-state index in [0.29, 0.717) is 35.3 Å². The topological polar surface area (TPSA) is 75.3 Å². The van der Waals surface area contributed by atoms with Crippen LogP contribution in [0.3, 0.4) is 0 Å². The first-order chi connectivity index (χ1) is 12.0. The molecule has 1 aliphatic rings. The van der Waals surface area contributed by atoms with Gasteiger partial charge in [0.2, 0.25) is 14.7 Å². The van der Waals surface area contributed by atoms with Crippen molar-refractivity contribution in [3.8, 4) is 0 Å². The maximum Gasteiger partial charge on any atom is 0.234 e. The summed E-state index contributed by atoms with van der Waals surface area (Å²) in [5, 5.41) is 6.11. The Bertz CT molecular complexity index is 897. The van der Waals surface area contributed by atoms with Gasteiger partial charge in [0.25, 0.3) is 0 Å². The van der Waals surface area contributed by atoms with Gasteiger partial charge in [-0.05, 0) is 19.1 Å². The van der Waals surface area contributed by atoms with E-state index < -0.39 is 8.87 Å². The van der Waals surface area contributed by atoms with E-state index in [0.717, 1.165) is 5.56 Å². The standard InChI is InChI=1S/C18H18N2O3S2/c1-13-7-9-14(10-8-13)16(21)17(18-19-11-12-20-18)24-25(22,23)15-5-3-2-4-6-15/h2-10,19-20H,11-12H2,1H3. The summed E-state index contributed by atoms with van der Waals surface area (Å²) in [4.78, 5) is 13.3. The van der Waals surface area contributed by atoms with Gasteiger partial charge in [0.15, 0.2) is 0 Å². The van der Waals surface area contributed by atoms with Crippen LogP contribution in [0.15, 0.2) is 70.2 Å². The number of Topliss-reactive ketones (excluding diaryl/α,β-unsaturated/α-hetero) is 1. The molecule has 0 saturated carbocycles. The van der Waals surface area contributed by atoms with Crippen LogP contribution in [0.1, 0.15) is 15.9 Å². The summed E-state index contributed by atoms with van der Waals surface area (Å²) in [6.07, 6.45) is 0. The molecule has 1 aliphatic heterocycles. The van der Waals surface area contributed by atoms with E-state index in [4.69, 9.17) is 0 Å². The predicted molar refractivity (Wildman–Crippen MR) is 99.8 cm³/mol. The normalized spacial score (nSPS) is 13.9. The molecule has 25 heavy (non-hydrogen) atoms. The number of carbonyl (C=O) groups is 1. The number of carbonyl (C=O) groups excluding carboxylic acids is 1. The van der Waals surface area contributed by atoms with Crippen LogP contribution in [0.5, 0.6) is 0 Å². The van der Waals surface area contributed by atoms with Gasteiger partial charge < -0.3 is 10.6 Å². The number of benzene rings is 2. The lowest BCUT2D eigenvalue weighted by Gasteiger charge is -2.11. The van der Waals surface area contributed by atoms with Crippen molar-refractivity contribution in [1.29, 1.82) is 0 Å². The molecule has 1 saturated heterocycles. The second-order valence-electron chi connectivity index (χ2n) is 5.60. The van der Waals surface area contributed by atoms with E-state index in [-0.39, 0.29) is 15.6 Å². The van der Waals surface area contributed by atoms with E-state index in [1.807, 2.05) is 19.1 Å². The summed E-state index contributed by atoms with van der Waals surface area (Å²) in [6, 6.07) is 15.2. The van der Waals surface area contributed by atoms with Gasteiger partial charge >= 0.3 is 0 Å². The Morgan fingerprint density at radius 1 is 0.960 bits per heavy atom. The Hall–Kier alpha value is -2.25. The Morgan fingerprint density at radius 2 is 1.56 bits per heavy atom. The third-order valence-electron chi connectivity index (χ3n) is 3.70. The zero-order valence-electron chi connectivity index (χ0n) is 13.7. The smallest absolute Gasteiger partial charge is 0.234 e. The number of rotatable bonds is 5. The first kappa shape index (κ1) is 17.6. The van der Waals surface area contributed by atoms with E-state index in [1.54, 1.807) is 30.3 Å². The molecule has 0 radical (unpaired) electrons. The number of hydrogen-bond donors (Lipinski definition) is 2. The molecule has 0 amide bonds. The minimum Gasteiger partial charge on any atom is -0.369 e. The molecule has 0 aliphatic carbocycles. The Kier molecular flexibility index (Phi) is 5.15. The zero-order chi connectivity index (χ0) is 17.9. The summed E-state index contributed by atoms with van der Waals surface area (Å²) in [7, 11) is -3.12. The number of ketones is 1. The predicted octanol–water partition coefficient (Wildman–Crippen LogP) is 2.66. The second-order valence-corrected chi connectivity index (χ2v) is 9.37. The largest absolute Gasteiger partial charge is 0.369 e. The molecule has 0 bridgehead atoms. The molecule has 0 aromatic heterocycles. The summed E-state index contributed by atoms with van der Waals surface area (Å²) < 4.78 is 25.4. The maximum absolute atomic E-state index is 12.9. The van der Waals surface area contributed by atoms with Crippen LogP contribution in [-0.4, -0.2) is 27.3 Å². The first-order valence-electron chi connectivity index (χ1n) is 7.80. The van der Waals surface area contributed by atoms with Gasteiger partial charge in [-0.3, -0.25) is 4.79 Å². The van der Waals surface area contributed by atoms with Gasteiger partial charge in [0.05, 0.1) is 4.90 Å². The molecule has 7 heteroatoms. The fourth-order valence-corrected chi connectivity index (χ4v) is 5.36. The lowest BCUT2D eigenvalue weighted by Crippen LogP contribution is -2.18. The molecule has 0 spiro atoms. The number of nitrogens with one attached hydrogen (secondary N) is 2. The Morgan fingerprint density at radius 3 is 2.16 bits per heavy atom. The fraction of sp³-hybridized carbons (Fsp3) is 0.167. The third kappa shape index (κ3) is 4.05. The minimum absolute atomic E-state index is 0.158. The van der Waals surface area contributed by atoms with Gasteiger partial charge in [-0.1, -0.05) is 48.0 Å². The van der Waals surface area contributed by atoms with Crippen LogP contribution in [-0.2, 0) is 8.87 Å². The van der Waals surface area contributed by atoms with Crippen molar-refractivity contribution in [1.82, 2.24) is 10.6 Å². The summed E-state index contributed by atoms with van der Waals surface area (Å²) in [5.41, 5.74) is 1.49. The maximum atomic E-state index is 12.9. The van der Waals surface area contributed by atoms with Crippen LogP contribution in [0, 0.1) is 6.92 Å². The van der Waals surface area contributed by atoms with Gasteiger partial charge in [-0.2, -0.15) is 0 Å². The zero-order valence-corrected chi connectivity index (χ0v) is 15.3. The van der Waals surface area contributed by atoms with E-state index >= 15 is 0 Å². The Balaban J connectivity index is 1.98. The molecule has 5 nitrogen and oxygen atoms in total. The Labute approximate surface area is 150 Å². The van der Waals surface area contributed by atoms with Crippen LogP contribution < -0.4 is 10.6 Å². The molecular weight excluding hydrogens is 356 g/mol. The average molecular weight is 374 g/mol. The van der Waals surface area contributed by atoms with Crippen molar-refractivity contribution in [2.24, 2.45) is 0 Å². The highest BCUT2D eigenvalue weighted by Crippen LogP contribution is 2.33. The summed E-state index contributed by atoms with van der Waals surface area (Å²) >= 11 is 0. The molecule has 1 heterocycles. The average Bonchev–Trinajstić information content (AvgIpc) is 3.15. The molecule has 130 valence electrons. The number of allylic oxidation sites excluding steroid dienone is 1. The van der Waals surface area contributed by atoms with Crippen LogP contribution in [0.25, 0.3) is 0 Å². The highest BCUT2D eigenvalue weighted by molar-refractivity contribution is 8.73. The minimum atomic E-state index is -3.70. The third-order valence-corrected chi connectivity index (χ3v) is 7.06.